The largest absolute Gasteiger partial charge is 0.330 e. The van der Waals surface area contributed by atoms with Crippen molar-refractivity contribution in [2.45, 2.75) is 26.7 Å². The lowest BCUT2D eigenvalue weighted by Crippen LogP contribution is -2.21. The minimum Gasteiger partial charge on any atom is -0.330 e. The average Bonchev–Trinajstić information content (AvgIpc) is 2.29. The Labute approximate surface area is 96.3 Å². The molecule has 1 unspecified atom stereocenters. The first-order valence-electron chi connectivity index (χ1n) is 5.58. The molecule has 3 N–H and O–H groups in total. The van der Waals surface area contributed by atoms with Crippen molar-refractivity contribution in [1.29, 1.82) is 0 Å². The van der Waals surface area contributed by atoms with Gasteiger partial charge in [-0.15, -0.1) is 0 Å². The molecule has 0 aromatic carbocycles. The third-order valence-corrected chi connectivity index (χ3v) is 2.58. The maximum Gasteiger partial charge on any atom is 0.224 e. The SMILES string of the molecule is CCC(CN)CC(=O)Nc1ccc(C)nc1. The van der Waals surface area contributed by atoms with E-state index >= 15 is 0 Å². The van der Waals surface area contributed by atoms with Crippen LogP contribution in [0.3, 0.4) is 0 Å². The lowest BCUT2D eigenvalue weighted by atomic mass is 10.0. The van der Waals surface area contributed by atoms with Crippen LogP contribution in [0.5, 0.6) is 0 Å². The predicted octanol–water partition coefficient (Wildman–Crippen LogP) is 1.70. The summed E-state index contributed by atoms with van der Waals surface area (Å²) in [5.74, 6) is 0.265. The number of nitrogens with two attached hydrogens (primary N) is 1. The monoisotopic (exact) mass is 221 g/mol. The van der Waals surface area contributed by atoms with E-state index in [9.17, 15) is 4.79 Å². The molecule has 4 nitrogen and oxygen atoms in total. The van der Waals surface area contributed by atoms with Crippen molar-refractivity contribution < 1.29 is 4.79 Å². The number of hydrogen-bond acceptors (Lipinski definition) is 3. The molecule has 0 aliphatic heterocycles. The van der Waals surface area contributed by atoms with Crippen molar-refractivity contribution in [2.75, 3.05) is 11.9 Å². The van der Waals surface area contributed by atoms with E-state index in [1.807, 2.05) is 26.0 Å². The topological polar surface area (TPSA) is 68.0 Å². The summed E-state index contributed by atoms with van der Waals surface area (Å²) in [4.78, 5) is 15.7. The number of aryl methyl sites for hydroxylation is 1. The van der Waals surface area contributed by atoms with E-state index in [1.165, 1.54) is 0 Å². The van der Waals surface area contributed by atoms with Gasteiger partial charge >= 0.3 is 0 Å². The van der Waals surface area contributed by atoms with Gasteiger partial charge in [0.05, 0.1) is 11.9 Å². The summed E-state index contributed by atoms with van der Waals surface area (Å²) in [7, 11) is 0. The Bertz CT molecular complexity index is 331. The smallest absolute Gasteiger partial charge is 0.224 e. The highest BCUT2D eigenvalue weighted by Crippen LogP contribution is 2.10. The summed E-state index contributed by atoms with van der Waals surface area (Å²) in [6, 6.07) is 3.72. The van der Waals surface area contributed by atoms with E-state index in [4.69, 9.17) is 5.73 Å². The molecule has 0 aliphatic rings. The Hall–Kier alpha value is -1.42. The predicted molar refractivity (Wildman–Crippen MR) is 65.1 cm³/mol. The minimum atomic E-state index is 0.00273. The van der Waals surface area contributed by atoms with Crippen LogP contribution in [0.2, 0.25) is 0 Å². The number of hydrogen-bond donors (Lipinski definition) is 2. The number of nitrogens with one attached hydrogen (secondary N) is 1. The van der Waals surface area contributed by atoms with Crippen LogP contribution in [0.25, 0.3) is 0 Å². The van der Waals surface area contributed by atoms with Crippen molar-refractivity contribution in [3.8, 4) is 0 Å². The van der Waals surface area contributed by atoms with Crippen molar-refractivity contribution in [1.82, 2.24) is 4.98 Å². The zero-order valence-electron chi connectivity index (χ0n) is 9.86. The van der Waals surface area contributed by atoms with Crippen LogP contribution in [-0.4, -0.2) is 17.4 Å². The van der Waals surface area contributed by atoms with Crippen LogP contribution in [0.15, 0.2) is 18.3 Å². The lowest BCUT2D eigenvalue weighted by molar-refractivity contribution is -0.117. The number of rotatable bonds is 5. The highest BCUT2D eigenvalue weighted by atomic mass is 16.1. The summed E-state index contributed by atoms with van der Waals surface area (Å²) >= 11 is 0. The van der Waals surface area contributed by atoms with E-state index in [1.54, 1.807) is 6.20 Å². The summed E-state index contributed by atoms with van der Waals surface area (Å²) in [5, 5.41) is 2.81. The van der Waals surface area contributed by atoms with Gasteiger partial charge in [0.25, 0.3) is 0 Å². The van der Waals surface area contributed by atoms with Gasteiger partial charge in [-0.05, 0) is 31.5 Å². The molecule has 0 radical (unpaired) electrons. The molecule has 88 valence electrons. The highest BCUT2D eigenvalue weighted by molar-refractivity contribution is 5.90. The summed E-state index contributed by atoms with van der Waals surface area (Å²) < 4.78 is 0. The zero-order chi connectivity index (χ0) is 12.0. The van der Waals surface area contributed by atoms with E-state index in [-0.39, 0.29) is 11.8 Å². The summed E-state index contributed by atoms with van der Waals surface area (Å²) in [6.07, 6.45) is 3.06. The van der Waals surface area contributed by atoms with Gasteiger partial charge in [-0.1, -0.05) is 13.3 Å². The van der Waals surface area contributed by atoms with E-state index in [0.29, 0.717) is 13.0 Å². The van der Waals surface area contributed by atoms with Crippen molar-refractivity contribution in [3.63, 3.8) is 0 Å². The van der Waals surface area contributed by atoms with Crippen LogP contribution in [0.4, 0.5) is 5.69 Å². The van der Waals surface area contributed by atoms with Crippen LogP contribution in [-0.2, 0) is 4.79 Å². The number of anilines is 1. The molecule has 1 rings (SSSR count). The standard InChI is InChI=1S/C12H19N3O/c1-3-10(7-13)6-12(16)15-11-5-4-9(2)14-8-11/h4-5,8,10H,3,6-7,13H2,1-2H3,(H,15,16). The van der Waals surface area contributed by atoms with E-state index in [0.717, 1.165) is 17.8 Å². The number of pyridine rings is 1. The van der Waals surface area contributed by atoms with Gasteiger partial charge in [-0.2, -0.15) is 0 Å². The molecule has 0 fully saturated rings. The van der Waals surface area contributed by atoms with Gasteiger partial charge in [0.15, 0.2) is 0 Å². The molecule has 1 aromatic rings. The summed E-state index contributed by atoms with van der Waals surface area (Å²) in [6.45, 7) is 4.50. The molecule has 4 heteroatoms. The van der Waals surface area contributed by atoms with Gasteiger partial charge in [0.1, 0.15) is 0 Å². The Morgan fingerprint density at radius 1 is 1.56 bits per heavy atom. The fourth-order valence-electron chi connectivity index (χ4n) is 1.41. The van der Waals surface area contributed by atoms with Gasteiger partial charge in [-0.3, -0.25) is 9.78 Å². The molecule has 1 atom stereocenters. The quantitative estimate of drug-likeness (QED) is 0.795. The molecule has 16 heavy (non-hydrogen) atoms. The molecule has 1 heterocycles. The number of aromatic nitrogens is 1. The molecular formula is C12H19N3O. The maximum atomic E-state index is 11.6. The molecule has 0 spiro atoms. The van der Waals surface area contributed by atoms with E-state index in [2.05, 4.69) is 10.3 Å². The average molecular weight is 221 g/mol. The number of carbonyl (C=O) groups excluding carboxylic acids is 1. The van der Waals surface area contributed by atoms with Crippen molar-refractivity contribution in [2.24, 2.45) is 11.7 Å². The van der Waals surface area contributed by atoms with Crippen molar-refractivity contribution >= 4 is 11.6 Å². The fraction of sp³-hybridized carbons (Fsp3) is 0.500. The van der Waals surface area contributed by atoms with Crippen molar-refractivity contribution in [3.05, 3.63) is 24.0 Å². The van der Waals surface area contributed by atoms with Gasteiger partial charge in [0.2, 0.25) is 5.91 Å². The first kappa shape index (κ1) is 12.6. The van der Waals surface area contributed by atoms with Gasteiger partial charge in [-0.25, -0.2) is 0 Å². The first-order chi connectivity index (χ1) is 7.65. The van der Waals surface area contributed by atoms with Gasteiger partial charge in [0, 0.05) is 12.1 Å². The second-order valence-corrected chi connectivity index (χ2v) is 3.95. The second-order valence-electron chi connectivity index (χ2n) is 3.95. The highest BCUT2D eigenvalue weighted by Gasteiger charge is 2.10. The summed E-state index contributed by atoms with van der Waals surface area (Å²) in [5.41, 5.74) is 7.23. The van der Waals surface area contributed by atoms with E-state index < -0.39 is 0 Å². The lowest BCUT2D eigenvalue weighted by Gasteiger charge is -2.11. The van der Waals surface area contributed by atoms with Gasteiger partial charge < -0.3 is 11.1 Å². The molecule has 0 saturated carbocycles. The molecule has 0 saturated heterocycles. The Morgan fingerprint density at radius 2 is 2.31 bits per heavy atom. The van der Waals surface area contributed by atoms with Crippen LogP contribution >= 0.6 is 0 Å². The Balaban J connectivity index is 2.48. The first-order valence-corrected chi connectivity index (χ1v) is 5.58. The molecule has 1 amide bonds. The third kappa shape index (κ3) is 3.98. The number of amides is 1. The minimum absolute atomic E-state index is 0.00273. The van der Waals surface area contributed by atoms with Crippen LogP contribution in [0.1, 0.15) is 25.5 Å². The Morgan fingerprint density at radius 3 is 2.81 bits per heavy atom. The molecular weight excluding hydrogens is 202 g/mol. The third-order valence-electron chi connectivity index (χ3n) is 2.58. The fourth-order valence-corrected chi connectivity index (χ4v) is 1.41. The zero-order valence-corrected chi connectivity index (χ0v) is 9.86. The second kappa shape index (κ2) is 6.23. The molecule has 0 aliphatic carbocycles. The molecule has 1 aromatic heterocycles. The number of carbonyl (C=O) groups is 1. The van der Waals surface area contributed by atoms with Crippen LogP contribution < -0.4 is 11.1 Å². The molecule has 0 bridgehead atoms. The van der Waals surface area contributed by atoms with Crippen LogP contribution in [0, 0.1) is 12.8 Å². The number of nitrogens with zero attached hydrogens (tertiary/aromatic N) is 1. The maximum absolute atomic E-state index is 11.6. The Kier molecular flexibility index (Phi) is 4.92. The normalized spacial score (nSPS) is 12.2.